The fraction of sp³-hybridized carbons (Fsp3) is 0.333. The van der Waals surface area contributed by atoms with Crippen molar-refractivity contribution in [1.29, 1.82) is 0 Å². The Morgan fingerprint density at radius 1 is 1.23 bits per heavy atom. The molecule has 0 radical (unpaired) electrons. The van der Waals surface area contributed by atoms with E-state index in [1.54, 1.807) is 0 Å². The molecule has 0 saturated heterocycles. The van der Waals surface area contributed by atoms with Crippen LogP contribution in [0.2, 0.25) is 0 Å². The van der Waals surface area contributed by atoms with Crippen molar-refractivity contribution in [3.8, 4) is 16.9 Å². The predicted octanol–water partition coefficient (Wildman–Crippen LogP) is 2.25. The number of carbonyl (C=O) groups excluding carboxylic acids is 1. The van der Waals surface area contributed by atoms with E-state index in [1.807, 2.05) is 0 Å². The minimum Gasteiger partial charge on any atom is -0.406 e. The highest BCUT2D eigenvalue weighted by molar-refractivity contribution is 7.92. The lowest BCUT2D eigenvalue weighted by molar-refractivity contribution is -0.274. The minimum absolute atomic E-state index is 0.0660. The van der Waals surface area contributed by atoms with Crippen LogP contribution >= 0.6 is 0 Å². The molecule has 13 heteroatoms. The van der Waals surface area contributed by atoms with Gasteiger partial charge in [0.1, 0.15) is 11.6 Å². The van der Waals surface area contributed by atoms with Gasteiger partial charge in [0.15, 0.2) is 14.6 Å². The molecule has 0 spiro atoms. The highest BCUT2D eigenvalue weighted by Crippen LogP contribution is 2.29. The standard InChI is InChI=1S/C18H18F4N2O6S/c1-17(16(26)23-27,31(2,28)29)6-8-24-7-5-11(9-15(24)25)13-4-3-12(10-14(13)19)30-18(20,21)22/h3-5,7,9-10,27H,6,8H2,1-2H3,(H,23,26)/t17-/m1/s1. The van der Waals surface area contributed by atoms with Gasteiger partial charge >= 0.3 is 6.36 Å². The number of hydrogen-bond acceptors (Lipinski definition) is 6. The quantitative estimate of drug-likeness (QED) is 0.368. The Bertz CT molecular complexity index is 1150. The summed E-state index contributed by atoms with van der Waals surface area (Å²) in [7, 11) is -3.96. The van der Waals surface area contributed by atoms with Crippen LogP contribution in [0.4, 0.5) is 17.6 Å². The summed E-state index contributed by atoms with van der Waals surface area (Å²) >= 11 is 0. The van der Waals surface area contributed by atoms with Gasteiger partial charge in [-0.2, -0.15) is 0 Å². The van der Waals surface area contributed by atoms with Gasteiger partial charge in [-0.25, -0.2) is 18.3 Å². The van der Waals surface area contributed by atoms with Crippen molar-refractivity contribution in [2.24, 2.45) is 0 Å². The van der Waals surface area contributed by atoms with Crippen LogP contribution in [0.25, 0.3) is 11.1 Å². The molecule has 8 nitrogen and oxygen atoms in total. The molecule has 0 unspecified atom stereocenters. The van der Waals surface area contributed by atoms with Crippen LogP contribution in [0.1, 0.15) is 13.3 Å². The summed E-state index contributed by atoms with van der Waals surface area (Å²) in [5.41, 5.74) is 0.530. The van der Waals surface area contributed by atoms with Crippen molar-refractivity contribution in [2.75, 3.05) is 6.26 Å². The van der Waals surface area contributed by atoms with Crippen LogP contribution in [0, 0.1) is 5.82 Å². The zero-order chi connectivity index (χ0) is 23.6. The lowest BCUT2D eigenvalue weighted by Gasteiger charge is -2.25. The summed E-state index contributed by atoms with van der Waals surface area (Å²) < 4.78 is 77.5. The molecule has 2 N–H and O–H groups in total. The lowest BCUT2D eigenvalue weighted by atomic mass is 10.1. The molecule has 1 amide bonds. The fourth-order valence-corrected chi connectivity index (χ4v) is 3.55. The van der Waals surface area contributed by atoms with E-state index in [-0.39, 0.29) is 24.1 Å². The average Bonchev–Trinajstić information content (AvgIpc) is 2.64. The Balaban J connectivity index is 2.28. The minimum atomic E-state index is -4.98. The molecule has 0 saturated carbocycles. The van der Waals surface area contributed by atoms with Crippen LogP contribution < -0.4 is 15.8 Å². The van der Waals surface area contributed by atoms with Gasteiger partial charge in [0.2, 0.25) is 0 Å². The maximum Gasteiger partial charge on any atom is 0.573 e. The maximum atomic E-state index is 14.2. The molecule has 2 rings (SSSR count). The first-order valence-electron chi connectivity index (χ1n) is 8.58. The van der Waals surface area contributed by atoms with Crippen molar-refractivity contribution in [3.63, 3.8) is 0 Å². The number of sulfone groups is 1. The van der Waals surface area contributed by atoms with Crippen LogP contribution in [0.3, 0.4) is 0 Å². The van der Waals surface area contributed by atoms with Crippen LogP contribution in [0.5, 0.6) is 5.75 Å². The number of hydroxylamine groups is 1. The predicted molar refractivity (Wildman–Crippen MR) is 101 cm³/mol. The molecule has 1 atom stereocenters. The summed E-state index contributed by atoms with van der Waals surface area (Å²) in [6.07, 6.45) is -3.31. The van der Waals surface area contributed by atoms with Gasteiger partial charge in [-0.3, -0.25) is 14.8 Å². The van der Waals surface area contributed by atoms with E-state index in [4.69, 9.17) is 5.21 Å². The van der Waals surface area contributed by atoms with Crippen molar-refractivity contribution >= 4 is 15.7 Å². The highest BCUT2D eigenvalue weighted by atomic mass is 32.2. The molecule has 0 aliphatic rings. The van der Waals surface area contributed by atoms with Crippen molar-refractivity contribution in [2.45, 2.75) is 31.0 Å². The average molecular weight is 466 g/mol. The summed E-state index contributed by atoms with van der Waals surface area (Å²) in [5.74, 6) is -2.98. The molecule has 2 aromatic rings. The molecule has 1 aromatic carbocycles. The van der Waals surface area contributed by atoms with E-state index in [0.29, 0.717) is 6.07 Å². The smallest absolute Gasteiger partial charge is 0.406 e. The summed E-state index contributed by atoms with van der Waals surface area (Å²) in [6.45, 7) is 0.865. The third-order valence-electron chi connectivity index (χ3n) is 4.71. The Morgan fingerprint density at radius 3 is 2.35 bits per heavy atom. The topological polar surface area (TPSA) is 115 Å². The third kappa shape index (κ3) is 5.61. The number of halogens is 4. The monoisotopic (exact) mass is 466 g/mol. The van der Waals surface area contributed by atoms with Gasteiger partial charge in [-0.05, 0) is 37.1 Å². The first-order chi connectivity index (χ1) is 14.2. The number of rotatable bonds is 7. The second-order valence-electron chi connectivity index (χ2n) is 6.83. The Hall–Kier alpha value is -2.93. The molecule has 1 aromatic heterocycles. The van der Waals surface area contributed by atoms with Gasteiger partial charge in [-0.15, -0.1) is 13.2 Å². The second-order valence-corrected chi connectivity index (χ2v) is 9.28. The molecule has 0 bridgehead atoms. The Kier molecular flexibility index (Phi) is 6.81. The number of aromatic nitrogens is 1. The fourth-order valence-electron chi connectivity index (χ4n) is 2.71. The number of nitrogens with zero attached hydrogens (tertiary/aromatic N) is 1. The molecule has 31 heavy (non-hydrogen) atoms. The van der Waals surface area contributed by atoms with E-state index < -0.39 is 44.0 Å². The first-order valence-corrected chi connectivity index (χ1v) is 10.5. The molecular formula is C18H18F4N2O6S. The van der Waals surface area contributed by atoms with Gasteiger partial charge in [0.25, 0.3) is 11.5 Å². The second kappa shape index (κ2) is 8.67. The van der Waals surface area contributed by atoms with E-state index >= 15 is 0 Å². The number of amides is 1. The number of benzene rings is 1. The maximum absolute atomic E-state index is 14.2. The van der Waals surface area contributed by atoms with E-state index in [0.717, 1.165) is 35.9 Å². The number of aryl methyl sites for hydroxylation is 1. The molecule has 170 valence electrons. The zero-order valence-electron chi connectivity index (χ0n) is 16.2. The number of pyridine rings is 1. The van der Waals surface area contributed by atoms with Crippen LogP contribution in [0.15, 0.2) is 41.3 Å². The largest absolute Gasteiger partial charge is 0.573 e. The van der Waals surface area contributed by atoms with Crippen LogP contribution in [-0.4, -0.2) is 41.5 Å². The van der Waals surface area contributed by atoms with Gasteiger partial charge in [0, 0.05) is 36.7 Å². The van der Waals surface area contributed by atoms with Crippen molar-refractivity contribution in [3.05, 3.63) is 52.7 Å². The van der Waals surface area contributed by atoms with Gasteiger partial charge < -0.3 is 9.30 Å². The lowest BCUT2D eigenvalue weighted by Crippen LogP contribution is -2.49. The third-order valence-corrected chi connectivity index (χ3v) is 6.74. The summed E-state index contributed by atoms with van der Waals surface area (Å²) in [6, 6.07) is 4.74. The number of alkyl halides is 3. The van der Waals surface area contributed by atoms with E-state index in [2.05, 4.69) is 4.74 Å². The SMILES string of the molecule is C[C@@](CCn1ccc(-c2ccc(OC(F)(F)F)cc2F)cc1=O)(C(=O)NO)S(C)(=O)=O. The summed E-state index contributed by atoms with van der Waals surface area (Å²) in [4.78, 5) is 24.2. The normalized spacial score (nSPS) is 14.0. The van der Waals surface area contributed by atoms with E-state index in [1.165, 1.54) is 17.7 Å². The number of carbonyl (C=O) groups is 1. The molecular weight excluding hydrogens is 448 g/mol. The number of ether oxygens (including phenoxy) is 1. The highest BCUT2D eigenvalue weighted by Gasteiger charge is 2.43. The van der Waals surface area contributed by atoms with Gasteiger partial charge in [-0.1, -0.05) is 0 Å². The first kappa shape index (κ1) is 24.3. The molecule has 0 aliphatic carbocycles. The number of hydrogen-bond donors (Lipinski definition) is 2. The van der Waals surface area contributed by atoms with Gasteiger partial charge in [0.05, 0.1) is 0 Å². The van der Waals surface area contributed by atoms with Crippen molar-refractivity contribution in [1.82, 2.24) is 10.0 Å². The Morgan fingerprint density at radius 2 is 1.87 bits per heavy atom. The molecule has 0 aliphatic heterocycles. The van der Waals surface area contributed by atoms with E-state index in [9.17, 15) is 35.6 Å². The number of nitrogens with one attached hydrogen (secondary N) is 1. The molecule has 1 heterocycles. The van der Waals surface area contributed by atoms with Crippen LogP contribution in [-0.2, 0) is 21.2 Å². The van der Waals surface area contributed by atoms with Crippen molar-refractivity contribution < 1.29 is 40.7 Å². The molecule has 0 fully saturated rings. The zero-order valence-corrected chi connectivity index (χ0v) is 17.1. The Labute approximate surface area is 173 Å². The summed E-state index contributed by atoms with van der Waals surface area (Å²) in [5, 5.41) is 8.82.